The highest BCUT2D eigenvalue weighted by Gasteiger charge is 2.19. The average Bonchev–Trinajstić information content (AvgIpc) is 2.56. The number of halogens is 2. The summed E-state index contributed by atoms with van der Waals surface area (Å²) in [7, 11) is 0. The van der Waals surface area contributed by atoms with Crippen molar-refractivity contribution in [2.75, 3.05) is 6.54 Å². The van der Waals surface area contributed by atoms with E-state index in [1.807, 2.05) is 6.92 Å². The van der Waals surface area contributed by atoms with Crippen molar-refractivity contribution in [2.45, 2.75) is 25.8 Å². The Bertz CT molecular complexity index is 224. The Morgan fingerprint density at radius 3 is 2.77 bits per heavy atom. The molecule has 4 heteroatoms. The summed E-state index contributed by atoms with van der Waals surface area (Å²) in [5.41, 5.74) is 0.797. The topological polar surface area (TPSA) is 25.2 Å². The predicted octanol–water partition coefficient (Wildman–Crippen LogP) is 2.07. The van der Waals surface area contributed by atoms with Crippen molar-refractivity contribution >= 4 is 0 Å². The molecule has 0 bridgehead atoms. The van der Waals surface area contributed by atoms with Crippen molar-refractivity contribution in [1.29, 1.82) is 0 Å². The lowest BCUT2D eigenvalue weighted by atomic mass is 10.1. The summed E-state index contributed by atoms with van der Waals surface area (Å²) in [4.78, 5) is 0. The van der Waals surface area contributed by atoms with Gasteiger partial charge in [-0.15, -0.1) is 0 Å². The zero-order chi connectivity index (χ0) is 9.68. The molecule has 1 aromatic heterocycles. The Labute approximate surface area is 75.9 Å². The predicted molar refractivity (Wildman–Crippen MR) is 45.9 cm³/mol. The summed E-state index contributed by atoms with van der Waals surface area (Å²) < 4.78 is 29.6. The second-order valence-corrected chi connectivity index (χ2v) is 2.83. The van der Waals surface area contributed by atoms with Crippen molar-refractivity contribution in [3.8, 4) is 0 Å². The number of rotatable bonds is 5. The van der Waals surface area contributed by atoms with E-state index in [1.165, 1.54) is 12.5 Å². The molecule has 0 fully saturated rings. The second kappa shape index (κ2) is 4.97. The third-order valence-corrected chi connectivity index (χ3v) is 1.81. The van der Waals surface area contributed by atoms with E-state index in [9.17, 15) is 8.78 Å². The highest BCUT2D eigenvalue weighted by Crippen LogP contribution is 2.09. The van der Waals surface area contributed by atoms with Gasteiger partial charge in [0.25, 0.3) is 6.43 Å². The Morgan fingerprint density at radius 2 is 2.31 bits per heavy atom. The summed E-state index contributed by atoms with van der Waals surface area (Å²) in [6, 6.07) is 0.926. The number of hydrogen-bond donors (Lipinski definition) is 1. The van der Waals surface area contributed by atoms with Crippen LogP contribution in [-0.4, -0.2) is 19.0 Å². The van der Waals surface area contributed by atoms with E-state index < -0.39 is 12.5 Å². The molecule has 1 rings (SSSR count). The molecule has 0 aromatic carbocycles. The minimum atomic E-state index is -2.34. The summed E-state index contributed by atoms with van der Waals surface area (Å²) >= 11 is 0. The van der Waals surface area contributed by atoms with E-state index in [-0.39, 0.29) is 0 Å². The largest absolute Gasteiger partial charge is 0.472 e. The Kier molecular flexibility index (Phi) is 3.89. The molecular weight excluding hydrogens is 176 g/mol. The van der Waals surface area contributed by atoms with Crippen LogP contribution in [0.4, 0.5) is 8.78 Å². The van der Waals surface area contributed by atoms with Crippen LogP contribution in [0, 0.1) is 0 Å². The summed E-state index contributed by atoms with van der Waals surface area (Å²) in [5.74, 6) is 0. The van der Waals surface area contributed by atoms with Crippen molar-refractivity contribution in [3.63, 3.8) is 0 Å². The molecule has 0 saturated carbocycles. The maximum Gasteiger partial charge on any atom is 0.254 e. The smallest absolute Gasteiger partial charge is 0.254 e. The standard InChI is InChI=1S/C9H13F2NO/c1-2-12-8(9(10)11)5-7-3-4-13-6-7/h3-4,6,8-9,12H,2,5H2,1H3. The maximum absolute atomic E-state index is 12.4. The minimum absolute atomic E-state index is 0.308. The molecule has 0 radical (unpaired) electrons. The van der Waals surface area contributed by atoms with E-state index in [0.717, 1.165) is 5.56 Å². The number of hydrogen-bond acceptors (Lipinski definition) is 2. The summed E-state index contributed by atoms with van der Waals surface area (Å²) in [6.07, 6.45) is 0.952. The zero-order valence-electron chi connectivity index (χ0n) is 7.47. The van der Waals surface area contributed by atoms with E-state index in [4.69, 9.17) is 4.42 Å². The molecule has 0 spiro atoms. The first-order chi connectivity index (χ1) is 6.24. The number of likely N-dealkylation sites (N-methyl/N-ethyl adjacent to an activating group) is 1. The van der Waals surface area contributed by atoms with Crippen molar-refractivity contribution in [3.05, 3.63) is 24.2 Å². The third kappa shape index (κ3) is 3.14. The molecule has 0 aliphatic carbocycles. The minimum Gasteiger partial charge on any atom is -0.472 e. The van der Waals surface area contributed by atoms with Gasteiger partial charge in [0.2, 0.25) is 0 Å². The van der Waals surface area contributed by atoms with Gasteiger partial charge in [-0.3, -0.25) is 0 Å². The fourth-order valence-corrected chi connectivity index (χ4v) is 1.18. The van der Waals surface area contributed by atoms with Gasteiger partial charge in [-0.2, -0.15) is 0 Å². The van der Waals surface area contributed by atoms with Crippen molar-refractivity contribution in [1.82, 2.24) is 5.32 Å². The van der Waals surface area contributed by atoms with Crippen LogP contribution >= 0.6 is 0 Å². The van der Waals surface area contributed by atoms with Crippen LogP contribution < -0.4 is 5.32 Å². The maximum atomic E-state index is 12.4. The van der Waals surface area contributed by atoms with E-state index in [2.05, 4.69) is 5.32 Å². The van der Waals surface area contributed by atoms with Gasteiger partial charge in [-0.1, -0.05) is 6.92 Å². The van der Waals surface area contributed by atoms with Gasteiger partial charge >= 0.3 is 0 Å². The van der Waals surface area contributed by atoms with Gasteiger partial charge < -0.3 is 9.73 Å². The lowest BCUT2D eigenvalue weighted by molar-refractivity contribution is 0.0990. The SMILES string of the molecule is CCNC(Cc1ccoc1)C(F)F. The first-order valence-electron chi connectivity index (χ1n) is 4.26. The van der Waals surface area contributed by atoms with E-state index >= 15 is 0 Å². The molecule has 0 saturated heterocycles. The Morgan fingerprint density at radius 1 is 1.54 bits per heavy atom. The molecule has 1 aromatic rings. The van der Waals surface area contributed by atoms with Crippen LogP contribution in [0.25, 0.3) is 0 Å². The fourth-order valence-electron chi connectivity index (χ4n) is 1.18. The van der Waals surface area contributed by atoms with Crippen LogP contribution in [0.15, 0.2) is 23.0 Å². The molecule has 1 atom stereocenters. The highest BCUT2D eigenvalue weighted by molar-refractivity contribution is 5.07. The Hall–Kier alpha value is -0.900. The molecule has 1 N–H and O–H groups in total. The van der Waals surface area contributed by atoms with Crippen LogP contribution in [0.3, 0.4) is 0 Å². The van der Waals surface area contributed by atoms with Gasteiger partial charge in [-0.05, 0) is 24.6 Å². The first kappa shape index (κ1) is 10.2. The molecule has 1 unspecified atom stereocenters. The van der Waals surface area contributed by atoms with Gasteiger partial charge in [0.1, 0.15) is 0 Å². The van der Waals surface area contributed by atoms with Crippen LogP contribution in [-0.2, 0) is 6.42 Å². The number of furan rings is 1. The zero-order valence-corrected chi connectivity index (χ0v) is 7.47. The molecular formula is C9H13F2NO. The lowest BCUT2D eigenvalue weighted by Gasteiger charge is -2.15. The second-order valence-electron chi connectivity index (χ2n) is 2.83. The van der Waals surface area contributed by atoms with Crippen LogP contribution in [0.5, 0.6) is 0 Å². The molecule has 0 aliphatic rings. The fraction of sp³-hybridized carbons (Fsp3) is 0.556. The van der Waals surface area contributed by atoms with Crippen LogP contribution in [0.1, 0.15) is 12.5 Å². The average molecular weight is 189 g/mol. The van der Waals surface area contributed by atoms with Gasteiger partial charge in [-0.25, -0.2) is 8.78 Å². The normalized spacial score (nSPS) is 13.5. The number of nitrogens with one attached hydrogen (secondary N) is 1. The molecule has 0 amide bonds. The molecule has 0 aliphatic heterocycles. The lowest BCUT2D eigenvalue weighted by Crippen LogP contribution is -2.37. The van der Waals surface area contributed by atoms with Crippen molar-refractivity contribution in [2.24, 2.45) is 0 Å². The summed E-state index contributed by atoms with van der Waals surface area (Å²) in [5, 5.41) is 2.73. The van der Waals surface area contributed by atoms with Gasteiger partial charge in [0, 0.05) is 0 Å². The Balaban J connectivity index is 2.47. The molecule has 1 heterocycles. The quantitative estimate of drug-likeness (QED) is 0.767. The van der Waals surface area contributed by atoms with Crippen LogP contribution in [0.2, 0.25) is 0 Å². The summed E-state index contributed by atoms with van der Waals surface area (Å²) in [6.45, 7) is 2.36. The molecule has 74 valence electrons. The highest BCUT2D eigenvalue weighted by atomic mass is 19.3. The van der Waals surface area contributed by atoms with Gasteiger partial charge in [0.15, 0.2) is 0 Å². The van der Waals surface area contributed by atoms with E-state index in [1.54, 1.807) is 6.07 Å². The first-order valence-corrected chi connectivity index (χ1v) is 4.26. The third-order valence-electron chi connectivity index (χ3n) is 1.81. The van der Waals surface area contributed by atoms with Gasteiger partial charge in [0.05, 0.1) is 18.6 Å². The van der Waals surface area contributed by atoms with E-state index in [0.29, 0.717) is 13.0 Å². The van der Waals surface area contributed by atoms with Crippen molar-refractivity contribution < 1.29 is 13.2 Å². The molecule has 2 nitrogen and oxygen atoms in total. The monoisotopic (exact) mass is 189 g/mol. The number of alkyl halides is 2. The molecule has 13 heavy (non-hydrogen) atoms.